The molecule has 2 N–H and O–H groups in total. The minimum atomic E-state index is -0.902. The van der Waals surface area contributed by atoms with E-state index in [2.05, 4.69) is 4.90 Å². The van der Waals surface area contributed by atoms with Crippen LogP contribution in [0.15, 0.2) is 12.1 Å². The summed E-state index contributed by atoms with van der Waals surface area (Å²) >= 11 is 0. The molecule has 0 bridgehead atoms. The monoisotopic (exact) mass is 330 g/mol. The molecule has 0 saturated carbocycles. The molecule has 0 radical (unpaired) electrons. The molecule has 2 aromatic rings. The first-order chi connectivity index (χ1) is 11.5. The molecule has 1 aromatic heterocycles. The van der Waals surface area contributed by atoms with E-state index >= 15 is 0 Å². The average Bonchev–Trinajstić information content (AvgIpc) is 3.14. The van der Waals surface area contributed by atoms with Crippen molar-refractivity contribution in [3.8, 4) is 0 Å². The third-order valence-electron chi connectivity index (χ3n) is 5.24. The summed E-state index contributed by atoms with van der Waals surface area (Å²) in [4.78, 5) is 14.3. The smallest absolute Gasteiger partial charge is 0.338 e. The number of carboxylic acids is 1. The number of aliphatic hydroxyl groups is 1. The highest BCUT2D eigenvalue weighted by Crippen LogP contribution is 2.31. The fourth-order valence-electron chi connectivity index (χ4n) is 3.98. The molecule has 0 aliphatic carbocycles. The lowest BCUT2D eigenvalue weighted by atomic mass is 10.0. The summed E-state index contributed by atoms with van der Waals surface area (Å²) < 4.78 is 1.98. The molecule has 1 aliphatic heterocycles. The molecule has 130 valence electrons. The maximum Gasteiger partial charge on any atom is 0.338 e. The van der Waals surface area contributed by atoms with Crippen LogP contribution in [0.2, 0.25) is 0 Å². The number of aliphatic hydroxyl groups excluding tert-OH is 1. The standard InChI is InChI=1S/C19H26N2O3/c1-13-5-6-16-15(7-10-20-8-3-4-9-20)14(2)21(11-12-22)18(16)17(13)19(23)24/h5-6,22H,3-4,7-12H2,1-2H3,(H,23,24). The predicted molar refractivity (Wildman–Crippen MR) is 94.8 cm³/mol. The van der Waals surface area contributed by atoms with Gasteiger partial charge in [0, 0.05) is 24.2 Å². The van der Waals surface area contributed by atoms with Crippen molar-refractivity contribution in [1.29, 1.82) is 0 Å². The maximum atomic E-state index is 11.8. The van der Waals surface area contributed by atoms with Crippen molar-refractivity contribution in [2.45, 2.75) is 39.7 Å². The highest BCUT2D eigenvalue weighted by molar-refractivity contribution is 6.05. The summed E-state index contributed by atoms with van der Waals surface area (Å²) in [6, 6.07) is 3.94. The highest BCUT2D eigenvalue weighted by atomic mass is 16.4. The van der Waals surface area contributed by atoms with Gasteiger partial charge in [-0.2, -0.15) is 0 Å². The Bertz CT molecular complexity index is 758. The molecule has 1 aliphatic rings. The fraction of sp³-hybridized carbons (Fsp3) is 0.526. The lowest BCUT2D eigenvalue weighted by molar-refractivity contribution is 0.0697. The van der Waals surface area contributed by atoms with Crippen molar-refractivity contribution in [2.24, 2.45) is 0 Å². The SMILES string of the molecule is Cc1ccc2c(CCN3CCCC3)c(C)n(CCO)c2c1C(=O)O. The van der Waals surface area contributed by atoms with Crippen molar-refractivity contribution in [3.05, 3.63) is 34.5 Å². The van der Waals surface area contributed by atoms with Crippen LogP contribution >= 0.6 is 0 Å². The van der Waals surface area contributed by atoms with E-state index in [4.69, 9.17) is 0 Å². The number of carbonyl (C=O) groups is 1. The predicted octanol–water partition coefficient (Wildman–Crippen LogP) is 2.59. The van der Waals surface area contributed by atoms with Gasteiger partial charge >= 0.3 is 5.97 Å². The maximum absolute atomic E-state index is 11.8. The van der Waals surface area contributed by atoms with E-state index in [1.165, 1.54) is 18.4 Å². The van der Waals surface area contributed by atoms with Crippen LogP contribution in [0, 0.1) is 13.8 Å². The van der Waals surface area contributed by atoms with Crippen molar-refractivity contribution in [2.75, 3.05) is 26.2 Å². The Morgan fingerprint density at radius 1 is 1.17 bits per heavy atom. The van der Waals surface area contributed by atoms with Crippen LogP contribution in [0.3, 0.4) is 0 Å². The summed E-state index contributed by atoms with van der Waals surface area (Å²) in [5.74, 6) is -0.902. The summed E-state index contributed by atoms with van der Waals surface area (Å²) in [6.45, 7) is 7.63. The molecule has 2 heterocycles. The van der Waals surface area contributed by atoms with Crippen molar-refractivity contribution in [1.82, 2.24) is 9.47 Å². The Kier molecular flexibility index (Phi) is 4.92. The molecule has 1 aromatic carbocycles. The van der Waals surface area contributed by atoms with Crippen LogP contribution in [0.5, 0.6) is 0 Å². The van der Waals surface area contributed by atoms with Gasteiger partial charge in [0.15, 0.2) is 0 Å². The van der Waals surface area contributed by atoms with E-state index in [1.54, 1.807) is 0 Å². The molecule has 24 heavy (non-hydrogen) atoms. The molecule has 5 heteroatoms. The van der Waals surface area contributed by atoms with Gasteiger partial charge in [0.25, 0.3) is 0 Å². The zero-order chi connectivity index (χ0) is 17.3. The summed E-state index contributed by atoms with van der Waals surface area (Å²) in [7, 11) is 0. The van der Waals surface area contributed by atoms with Gasteiger partial charge in [-0.25, -0.2) is 4.79 Å². The molecular weight excluding hydrogens is 304 g/mol. The van der Waals surface area contributed by atoms with Crippen molar-refractivity contribution >= 4 is 16.9 Å². The second-order valence-electron chi connectivity index (χ2n) is 6.70. The Morgan fingerprint density at radius 3 is 2.50 bits per heavy atom. The van der Waals surface area contributed by atoms with Crippen LogP contribution in [0.1, 0.15) is 40.0 Å². The normalized spacial score (nSPS) is 15.5. The van der Waals surface area contributed by atoms with Crippen LogP contribution in [-0.4, -0.2) is 51.9 Å². The van der Waals surface area contributed by atoms with E-state index in [0.717, 1.165) is 48.2 Å². The highest BCUT2D eigenvalue weighted by Gasteiger charge is 2.22. The zero-order valence-electron chi connectivity index (χ0n) is 14.5. The summed E-state index contributed by atoms with van der Waals surface area (Å²) in [5.41, 5.74) is 4.17. The minimum Gasteiger partial charge on any atom is -0.478 e. The van der Waals surface area contributed by atoms with E-state index < -0.39 is 5.97 Å². The molecule has 0 unspecified atom stereocenters. The van der Waals surface area contributed by atoms with Gasteiger partial charge in [-0.3, -0.25) is 0 Å². The van der Waals surface area contributed by atoms with E-state index in [0.29, 0.717) is 12.1 Å². The molecular formula is C19H26N2O3. The molecule has 0 amide bonds. The number of hydrogen-bond donors (Lipinski definition) is 2. The van der Waals surface area contributed by atoms with Gasteiger partial charge in [-0.1, -0.05) is 12.1 Å². The Balaban J connectivity index is 2.09. The Hall–Kier alpha value is -1.85. The molecule has 5 nitrogen and oxygen atoms in total. The first-order valence-electron chi connectivity index (χ1n) is 8.72. The number of aromatic nitrogens is 1. The summed E-state index contributed by atoms with van der Waals surface area (Å²) in [5, 5.41) is 20.1. The first kappa shape index (κ1) is 17.0. The average molecular weight is 330 g/mol. The molecule has 3 rings (SSSR count). The van der Waals surface area contributed by atoms with Crippen LogP contribution in [0.4, 0.5) is 0 Å². The molecule has 0 atom stereocenters. The van der Waals surface area contributed by atoms with Gasteiger partial charge in [-0.05, 0) is 57.3 Å². The summed E-state index contributed by atoms with van der Waals surface area (Å²) in [6.07, 6.45) is 3.46. The molecule has 1 fully saturated rings. The number of likely N-dealkylation sites (tertiary alicyclic amines) is 1. The third kappa shape index (κ3) is 2.94. The minimum absolute atomic E-state index is 0.00316. The van der Waals surface area contributed by atoms with Gasteiger partial charge in [-0.15, -0.1) is 0 Å². The first-order valence-corrected chi connectivity index (χ1v) is 8.72. The molecule has 1 saturated heterocycles. The number of benzene rings is 1. The van der Waals surface area contributed by atoms with Gasteiger partial charge in [0.1, 0.15) is 0 Å². The van der Waals surface area contributed by atoms with Gasteiger partial charge in [0.05, 0.1) is 17.7 Å². The number of hydrogen-bond acceptors (Lipinski definition) is 3. The Morgan fingerprint density at radius 2 is 1.88 bits per heavy atom. The van der Waals surface area contributed by atoms with E-state index in [-0.39, 0.29) is 6.61 Å². The van der Waals surface area contributed by atoms with Crippen molar-refractivity contribution in [3.63, 3.8) is 0 Å². The Labute approximate surface area is 142 Å². The quantitative estimate of drug-likeness (QED) is 0.854. The number of carboxylic acid groups (broad SMARTS) is 1. The largest absolute Gasteiger partial charge is 0.478 e. The lowest BCUT2D eigenvalue weighted by Gasteiger charge is -2.14. The third-order valence-corrected chi connectivity index (χ3v) is 5.24. The van der Waals surface area contributed by atoms with Crippen LogP contribution in [0.25, 0.3) is 10.9 Å². The fourth-order valence-corrected chi connectivity index (χ4v) is 3.98. The van der Waals surface area contributed by atoms with Crippen LogP contribution < -0.4 is 0 Å². The number of fused-ring (bicyclic) bond motifs is 1. The van der Waals surface area contributed by atoms with E-state index in [1.807, 2.05) is 30.5 Å². The van der Waals surface area contributed by atoms with Crippen molar-refractivity contribution < 1.29 is 15.0 Å². The number of aryl methyl sites for hydroxylation is 1. The number of aromatic carboxylic acids is 1. The lowest BCUT2D eigenvalue weighted by Crippen LogP contribution is -2.22. The van der Waals surface area contributed by atoms with Gasteiger partial charge in [0.2, 0.25) is 0 Å². The topological polar surface area (TPSA) is 65.7 Å². The molecule has 0 spiro atoms. The number of rotatable bonds is 6. The second-order valence-corrected chi connectivity index (χ2v) is 6.70. The number of nitrogens with zero attached hydrogens (tertiary/aromatic N) is 2. The van der Waals surface area contributed by atoms with Crippen LogP contribution in [-0.2, 0) is 13.0 Å². The zero-order valence-corrected chi connectivity index (χ0v) is 14.5. The van der Waals surface area contributed by atoms with Gasteiger partial charge < -0.3 is 19.7 Å². The van der Waals surface area contributed by atoms with E-state index in [9.17, 15) is 15.0 Å². The second kappa shape index (κ2) is 6.95.